The van der Waals surface area contributed by atoms with Crippen LogP contribution in [0.15, 0.2) is 53.3 Å². The van der Waals surface area contributed by atoms with E-state index in [2.05, 4.69) is 5.32 Å². The Balaban J connectivity index is 1.25. The largest absolute Gasteiger partial charge is 0.352 e. The topological polar surface area (TPSA) is 71.4 Å². The molecule has 0 spiro atoms. The highest BCUT2D eigenvalue weighted by molar-refractivity contribution is 5.79. The van der Waals surface area contributed by atoms with Gasteiger partial charge in [-0.2, -0.15) is 0 Å². The molecule has 2 aliphatic rings. The number of rotatable bonds is 6. The van der Waals surface area contributed by atoms with E-state index in [9.17, 15) is 14.4 Å². The Bertz CT molecular complexity index is 938. The first-order valence-corrected chi connectivity index (χ1v) is 10.4. The third-order valence-corrected chi connectivity index (χ3v) is 5.96. The van der Waals surface area contributed by atoms with E-state index in [1.165, 1.54) is 0 Å². The highest BCUT2D eigenvalue weighted by Gasteiger charge is 2.35. The first-order valence-electron chi connectivity index (χ1n) is 10.4. The van der Waals surface area contributed by atoms with Crippen LogP contribution in [-0.4, -0.2) is 34.4 Å². The minimum absolute atomic E-state index is 0.0227. The number of amides is 2. The Morgan fingerprint density at radius 3 is 2.62 bits per heavy atom. The van der Waals surface area contributed by atoms with E-state index in [0.29, 0.717) is 51.4 Å². The van der Waals surface area contributed by atoms with Crippen molar-refractivity contribution in [3.8, 4) is 0 Å². The van der Waals surface area contributed by atoms with Gasteiger partial charge in [-0.25, -0.2) is 0 Å². The maximum absolute atomic E-state index is 12.7. The Labute approximate surface area is 170 Å². The molecule has 2 atom stereocenters. The lowest BCUT2D eigenvalue weighted by Gasteiger charge is -2.42. The normalized spacial score (nSPS) is 20.1. The lowest BCUT2D eigenvalue weighted by molar-refractivity contribution is -0.134. The second-order valence-corrected chi connectivity index (χ2v) is 8.11. The summed E-state index contributed by atoms with van der Waals surface area (Å²) in [6.07, 6.45) is 2.34. The highest BCUT2D eigenvalue weighted by Crippen LogP contribution is 2.35. The zero-order valence-electron chi connectivity index (χ0n) is 16.5. The van der Waals surface area contributed by atoms with Gasteiger partial charge in [0.2, 0.25) is 11.8 Å². The van der Waals surface area contributed by atoms with Crippen LogP contribution in [0.5, 0.6) is 0 Å². The molecule has 1 fully saturated rings. The molecule has 0 aliphatic carbocycles. The molecule has 1 N–H and O–H groups in total. The van der Waals surface area contributed by atoms with Crippen molar-refractivity contribution >= 4 is 11.8 Å². The second-order valence-electron chi connectivity index (χ2n) is 8.11. The predicted octanol–water partition coefficient (Wildman–Crippen LogP) is 2.28. The number of aromatic nitrogens is 1. The van der Waals surface area contributed by atoms with Gasteiger partial charge < -0.3 is 14.8 Å². The molecular weight excluding hydrogens is 366 g/mol. The molecule has 1 aromatic carbocycles. The van der Waals surface area contributed by atoms with E-state index in [-0.39, 0.29) is 23.3 Å². The zero-order valence-corrected chi connectivity index (χ0v) is 16.5. The molecule has 0 saturated carbocycles. The van der Waals surface area contributed by atoms with Gasteiger partial charge in [-0.1, -0.05) is 36.4 Å². The Kier molecular flexibility index (Phi) is 5.79. The summed E-state index contributed by atoms with van der Waals surface area (Å²) in [5.74, 6) is 0.654. The number of carbonyl (C=O) groups excluding carboxylic acids is 2. The third-order valence-electron chi connectivity index (χ3n) is 5.96. The summed E-state index contributed by atoms with van der Waals surface area (Å²) < 4.78 is 1.87. The van der Waals surface area contributed by atoms with E-state index in [1.54, 1.807) is 6.07 Å². The summed E-state index contributed by atoms with van der Waals surface area (Å²) in [7, 11) is 0. The predicted molar refractivity (Wildman–Crippen MR) is 110 cm³/mol. The van der Waals surface area contributed by atoms with E-state index in [0.717, 1.165) is 17.7 Å². The van der Waals surface area contributed by atoms with Crippen LogP contribution in [0.25, 0.3) is 0 Å². The molecule has 3 heterocycles. The van der Waals surface area contributed by atoms with Crippen LogP contribution in [-0.2, 0) is 22.7 Å². The van der Waals surface area contributed by atoms with Gasteiger partial charge in [-0.15, -0.1) is 0 Å². The van der Waals surface area contributed by atoms with Gasteiger partial charge in [0.1, 0.15) is 0 Å². The lowest BCUT2D eigenvalue weighted by Crippen LogP contribution is -2.49. The Hall–Kier alpha value is -2.89. The first-order chi connectivity index (χ1) is 14.1. The number of hydrogen-bond donors (Lipinski definition) is 1. The molecule has 2 amide bonds. The van der Waals surface area contributed by atoms with Gasteiger partial charge in [-0.3, -0.25) is 14.4 Å². The van der Waals surface area contributed by atoms with Crippen molar-refractivity contribution in [3.05, 3.63) is 70.1 Å². The number of benzene rings is 1. The minimum Gasteiger partial charge on any atom is -0.352 e. The third kappa shape index (κ3) is 4.58. The van der Waals surface area contributed by atoms with Crippen LogP contribution in [0.4, 0.5) is 0 Å². The number of likely N-dealkylation sites (tertiary alicyclic amines) is 1. The van der Waals surface area contributed by atoms with Gasteiger partial charge in [0.25, 0.3) is 5.56 Å². The summed E-state index contributed by atoms with van der Waals surface area (Å²) in [4.78, 5) is 38.8. The van der Waals surface area contributed by atoms with Gasteiger partial charge in [-0.05, 0) is 30.4 Å². The molecule has 2 aliphatic heterocycles. The summed E-state index contributed by atoms with van der Waals surface area (Å²) in [5, 5.41) is 2.90. The van der Waals surface area contributed by atoms with E-state index >= 15 is 0 Å². The number of nitrogens with one attached hydrogen (secondary N) is 1. The van der Waals surface area contributed by atoms with E-state index in [1.807, 2.05) is 51.9 Å². The number of nitrogens with zero attached hydrogens (tertiary/aromatic N) is 2. The Morgan fingerprint density at radius 1 is 0.966 bits per heavy atom. The van der Waals surface area contributed by atoms with E-state index in [4.69, 9.17) is 0 Å². The maximum Gasteiger partial charge on any atom is 0.250 e. The molecule has 152 valence electrons. The minimum atomic E-state index is -0.0227. The fourth-order valence-electron chi connectivity index (χ4n) is 4.54. The molecule has 2 bridgehead atoms. The highest BCUT2D eigenvalue weighted by atomic mass is 16.2. The molecule has 6 heteroatoms. The zero-order chi connectivity index (χ0) is 20.2. The molecule has 6 nitrogen and oxygen atoms in total. The van der Waals surface area contributed by atoms with Crippen LogP contribution in [0, 0.1) is 5.92 Å². The molecule has 0 unspecified atom stereocenters. The average Bonchev–Trinajstić information content (AvgIpc) is 2.73. The SMILES string of the molecule is O=C(CCCC(=O)N1C[C@@H]2C[C@@H](C1)c1cccc(=O)n1C2)NCc1ccccc1. The fraction of sp³-hybridized carbons (Fsp3) is 0.435. The van der Waals surface area contributed by atoms with Gasteiger partial charge >= 0.3 is 0 Å². The molecule has 1 aromatic heterocycles. The molecule has 0 radical (unpaired) electrons. The van der Waals surface area contributed by atoms with Crippen LogP contribution in [0.3, 0.4) is 0 Å². The molecule has 4 rings (SSSR count). The second kappa shape index (κ2) is 8.64. The Morgan fingerprint density at radius 2 is 1.79 bits per heavy atom. The maximum atomic E-state index is 12.7. The fourth-order valence-corrected chi connectivity index (χ4v) is 4.54. The quantitative estimate of drug-likeness (QED) is 0.819. The van der Waals surface area contributed by atoms with Crippen molar-refractivity contribution in [1.29, 1.82) is 0 Å². The molecular formula is C23H27N3O3. The smallest absolute Gasteiger partial charge is 0.250 e. The average molecular weight is 393 g/mol. The van der Waals surface area contributed by atoms with Crippen molar-refractivity contribution in [2.75, 3.05) is 13.1 Å². The van der Waals surface area contributed by atoms with Crippen LogP contribution >= 0.6 is 0 Å². The van der Waals surface area contributed by atoms with Gasteiger partial charge in [0.15, 0.2) is 0 Å². The molecule has 1 saturated heterocycles. The number of piperidine rings is 1. The number of pyridine rings is 1. The summed E-state index contributed by atoms with van der Waals surface area (Å²) in [5.41, 5.74) is 2.17. The standard InChI is InChI=1S/C23H27N3O3/c27-21(24-13-17-6-2-1-3-7-17)9-5-10-22(28)25-14-18-12-19(16-25)20-8-4-11-23(29)26(20)15-18/h1-4,6-8,11,18-19H,5,9-10,12-16H2,(H,24,27)/t18-,19-/m0/s1. The van der Waals surface area contributed by atoms with Crippen molar-refractivity contribution in [1.82, 2.24) is 14.8 Å². The molecule has 2 aromatic rings. The van der Waals surface area contributed by atoms with E-state index < -0.39 is 0 Å². The monoisotopic (exact) mass is 393 g/mol. The van der Waals surface area contributed by atoms with Crippen molar-refractivity contribution in [2.24, 2.45) is 5.92 Å². The summed E-state index contributed by atoms with van der Waals surface area (Å²) in [6.45, 7) is 2.58. The summed E-state index contributed by atoms with van der Waals surface area (Å²) in [6, 6.07) is 15.2. The van der Waals surface area contributed by atoms with Crippen molar-refractivity contribution < 1.29 is 9.59 Å². The van der Waals surface area contributed by atoms with Crippen molar-refractivity contribution in [2.45, 2.75) is 44.7 Å². The number of fused-ring (bicyclic) bond motifs is 4. The van der Waals surface area contributed by atoms with Crippen LogP contribution in [0.2, 0.25) is 0 Å². The number of hydrogen-bond acceptors (Lipinski definition) is 3. The molecule has 29 heavy (non-hydrogen) atoms. The summed E-state index contributed by atoms with van der Waals surface area (Å²) >= 11 is 0. The number of carbonyl (C=O) groups is 2. The van der Waals surface area contributed by atoms with Gasteiger partial charge in [0.05, 0.1) is 0 Å². The van der Waals surface area contributed by atoms with Gasteiger partial charge in [0, 0.05) is 56.7 Å². The first kappa shape index (κ1) is 19.4. The lowest BCUT2D eigenvalue weighted by atomic mass is 9.83. The van der Waals surface area contributed by atoms with Crippen LogP contribution in [0.1, 0.15) is 42.9 Å². The van der Waals surface area contributed by atoms with Crippen LogP contribution < -0.4 is 10.9 Å². The van der Waals surface area contributed by atoms with Crippen molar-refractivity contribution in [3.63, 3.8) is 0 Å².